The Morgan fingerprint density at radius 1 is 1.18 bits per heavy atom. The van der Waals surface area contributed by atoms with Gasteiger partial charge in [-0.05, 0) is 56.5 Å². The van der Waals surface area contributed by atoms with E-state index in [0.29, 0.717) is 42.1 Å². The van der Waals surface area contributed by atoms with Crippen molar-refractivity contribution in [3.63, 3.8) is 0 Å². The number of carbonyl (C=O) groups is 1. The molecule has 2 aromatic heterocycles. The van der Waals surface area contributed by atoms with Crippen LogP contribution in [0.5, 0.6) is 5.75 Å². The molecule has 0 saturated carbocycles. The fourth-order valence-corrected chi connectivity index (χ4v) is 3.33. The first-order chi connectivity index (χ1) is 16.3. The number of aromatic nitrogens is 4. The quantitative estimate of drug-likeness (QED) is 0.325. The second kappa shape index (κ2) is 11.5. The molecule has 0 saturated heterocycles. The van der Waals surface area contributed by atoms with E-state index in [9.17, 15) is 9.90 Å². The number of benzene rings is 1. The van der Waals surface area contributed by atoms with Crippen LogP contribution >= 0.6 is 0 Å². The van der Waals surface area contributed by atoms with Gasteiger partial charge in [0.2, 0.25) is 17.7 Å². The number of amides is 1. The van der Waals surface area contributed by atoms with E-state index in [4.69, 9.17) is 14.4 Å². The van der Waals surface area contributed by atoms with Crippen LogP contribution < -0.4 is 15.4 Å². The van der Waals surface area contributed by atoms with Crippen LogP contribution in [0, 0.1) is 13.8 Å². The fourth-order valence-electron chi connectivity index (χ4n) is 3.33. The predicted octanol–water partition coefficient (Wildman–Crippen LogP) is 1.65. The van der Waals surface area contributed by atoms with E-state index >= 15 is 0 Å². The van der Waals surface area contributed by atoms with Crippen LogP contribution in [0.25, 0.3) is 23.0 Å². The molecule has 0 fully saturated rings. The third-order valence-corrected chi connectivity index (χ3v) is 4.92. The Bertz CT molecular complexity index is 1130. The van der Waals surface area contributed by atoms with Crippen LogP contribution in [0.2, 0.25) is 0 Å². The summed E-state index contributed by atoms with van der Waals surface area (Å²) in [4.78, 5) is 24.4. The molecular formula is C23H30N6O5. The van der Waals surface area contributed by atoms with Gasteiger partial charge in [-0.25, -0.2) is 9.97 Å². The van der Waals surface area contributed by atoms with Crippen LogP contribution in [0.3, 0.4) is 0 Å². The molecule has 0 aliphatic heterocycles. The zero-order valence-corrected chi connectivity index (χ0v) is 19.8. The summed E-state index contributed by atoms with van der Waals surface area (Å²) in [5, 5.41) is 28.4. The highest BCUT2D eigenvalue weighted by atomic mass is 16.5. The SMILES string of the molecule is CCNc1nc(C)cc(-c2nc(-c3cc(C)c(OCC(O)CNC(=O)CO)c(CC)c3)no2)n1. The number of aliphatic hydroxyl groups excluding tert-OH is 2. The lowest BCUT2D eigenvalue weighted by Crippen LogP contribution is -2.36. The van der Waals surface area contributed by atoms with Crippen LogP contribution in [0.1, 0.15) is 30.7 Å². The number of rotatable bonds is 11. The summed E-state index contributed by atoms with van der Waals surface area (Å²) < 4.78 is 11.3. The molecule has 11 nitrogen and oxygen atoms in total. The third-order valence-electron chi connectivity index (χ3n) is 4.92. The average molecular weight is 471 g/mol. The van der Waals surface area contributed by atoms with Crippen molar-refractivity contribution >= 4 is 11.9 Å². The van der Waals surface area contributed by atoms with Crippen LogP contribution in [0.15, 0.2) is 22.7 Å². The van der Waals surface area contributed by atoms with E-state index in [-0.39, 0.29) is 13.2 Å². The summed E-state index contributed by atoms with van der Waals surface area (Å²) in [6, 6.07) is 5.59. The maximum absolute atomic E-state index is 11.1. The molecule has 3 rings (SSSR count). The molecular weight excluding hydrogens is 440 g/mol. The maximum atomic E-state index is 11.1. The number of nitrogens with one attached hydrogen (secondary N) is 2. The van der Waals surface area contributed by atoms with Crippen molar-refractivity contribution in [2.45, 2.75) is 40.2 Å². The van der Waals surface area contributed by atoms with Crippen molar-refractivity contribution in [2.75, 3.05) is 31.6 Å². The smallest absolute Gasteiger partial charge is 0.277 e. The van der Waals surface area contributed by atoms with Gasteiger partial charge in [-0.2, -0.15) is 4.98 Å². The number of hydrogen-bond acceptors (Lipinski definition) is 10. The molecule has 3 aromatic rings. The lowest BCUT2D eigenvalue weighted by atomic mass is 10.0. The summed E-state index contributed by atoms with van der Waals surface area (Å²) >= 11 is 0. The van der Waals surface area contributed by atoms with E-state index in [0.717, 1.165) is 22.4 Å². The number of hydrogen-bond donors (Lipinski definition) is 4. The van der Waals surface area contributed by atoms with Crippen molar-refractivity contribution < 1.29 is 24.3 Å². The molecule has 34 heavy (non-hydrogen) atoms. The minimum absolute atomic E-state index is 0.00749. The Labute approximate surface area is 197 Å². The van der Waals surface area contributed by atoms with Crippen molar-refractivity contribution in [1.82, 2.24) is 25.4 Å². The summed E-state index contributed by atoms with van der Waals surface area (Å²) in [7, 11) is 0. The lowest BCUT2D eigenvalue weighted by molar-refractivity contribution is -0.124. The highest BCUT2D eigenvalue weighted by molar-refractivity contribution is 5.76. The molecule has 182 valence electrons. The normalized spacial score (nSPS) is 11.8. The third kappa shape index (κ3) is 6.27. The van der Waals surface area contributed by atoms with Gasteiger partial charge in [0, 0.05) is 24.3 Å². The van der Waals surface area contributed by atoms with Gasteiger partial charge in [0.05, 0.1) is 0 Å². The van der Waals surface area contributed by atoms with Crippen molar-refractivity contribution in [3.05, 3.63) is 35.0 Å². The van der Waals surface area contributed by atoms with E-state index in [1.807, 2.05) is 39.8 Å². The number of nitrogens with zero attached hydrogens (tertiary/aromatic N) is 4. The predicted molar refractivity (Wildman–Crippen MR) is 125 cm³/mol. The lowest BCUT2D eigenvalue weighted by Gasteiger charge is -2.17. The van der Waals surface area contributed by atoms with Gasteiger partial charge < -0.3 is 30.1 Å². The van der Waals surface area contributed by atoms with Crippen molar-refractivity contribution in [1.29, 1.82) is 0 Å². The van der Waals surface area contributed by atoms with Gasteiger partial charge in [0.1, 0.15) is 30.8 Å². The van der Waals surface area contributed by atoms with Gasteiger partial charge in [-0.1, -0.05) is 12.1 Å². The Morgan fingerprint density at radius 2 is 1.97 bits per heavy atom. The molecule has 4 N–H and O–H groups in total. The molecule has 1 atom stereocenters. The number of carbonyl (C=O) groups excluding carboxylic acids is 1. The second-order valence-electron chi connectivity index (χ2n) is 7.73. The topological polar surface area (TPSA) is 156 Å². The van der Waals surface area contributed by atoms with Gasteiger partial charge >= 0.3 is 0 Å². The first kappa shape index (κ1) is 25.1. The molecule has 2 heterocycles. The highest BCUT2D eigenvalue weighted by Crippen LogP contribution is 2.31. The molecule has 0 spiro atoms. The number of aliphatic hydroxyl groups is 2. The van der Waals surface area contributed by atoms with E-state index in [1.165, 1.54) is 0 Å². The van der Waals surface area contributed by atoms with Crippen molar-refractivity contribution in [3.8, 4) is 28.7 Å². The number of anilines is 1. The minimum atomic E-state index is -0.914. The molecule has 0 radical (unpaired) electrons. The zero-order chi connectivity index (χ0) is 24.7. The molecule has 0 bridgehead atoms. The monoisotopic (exact) mass is 470 g/mol. The summed E-state index contributed by atoms with van der Waals surface area (Å²) in [5.74, 6) is 1.32. The number of ether oxygens (including phenoxy) is 1. The minimum Gasteiger partial charge on any atom is -0.490 e. The maximum Gasteiger partial charge on any atom is 0.277 e. The van der Waals surface area contributed by atoms with Crippen LogP contribution in [0.4, 0.5) is 5.95 Å². The molecule has 0 aliphatic carbocycles. The largest absolute Gasteiger partial charge is 0.490 e. The molecule has 1 amide bonds. The Kier molecular flexibility index (Phi) is 8.50. The Morgan fingerprint density at radius 3 is 2.68 bits per heavy atom. The molecule has 1 unspecified atom stereocenters. The average Bonchev–Trinajstić information content (AvgIpc) is 3.31. The summed E-state index contributed by atoms with van der Waals surface area (Å²) in [5.41, 5.74) is 3.85. The van der Waals surface area contributed by atoms with Gasteiger partial charge in [0.25, 0.3) is 5.89 Å². The summed E-state index contributed by atoms with van der Waals surface area (Å²) in [6.07, 6.45) is -0.231. The second-order valence-corrected chi connectivity index (χ2v) is 7.73. The zero-order valence-electron chi connectivity index (χ0n) is 19.8. The number of aryl methyl sites for hydroxylation is 3. The van der Waals surface area contributed by atoms with Gasteiger partial charge in [0.15, 0.2) is 0 Å². The van der Waals surface area contributed by atoms with Crippen LogP contribution in [-0.4, -0.2) is 68.6 Å². The van der Waals surface area contributed by atoms with E-state index in [2.05, 4.69) is 30.7 Å². The first-order valence-corrected chi connectivity index (χ1v) is 11.1. The van der Waals surface area contributed by atoms with Gasteiger partial charge in [-0.15, -0.1) is 0 Å². The van der Waals surface area contributed by atoms with E-state index < -0.39 is 18.6 Å². The fraction of sp³-hybridized carbons (Fsp3) is 0.435. The van der Waals surface area contributed by atoms with Gasteiger partial charge in [-0.3, -0.25) is 4.79 Å². The first-order valence-electron chi connectivity index (χ1n) is 11.1. The standard InChI is InChI=1S/C23H30N6O5/c1-5-15-9-16(7-13(3)20(15)33-12-17(31)10-25-19(32)11-30)21-28-22(34-29-21)18-8-14(4)26-23(27-18)24-6-2/h7-9,17,30-31H,5-6,10-12H2,1-4H3,(H,25,32)(H,24,26,27). The molecule has 0 aliphatic rings. The molecule has 11 heteroatoms. The Hall–Kier alpha value is -3.57. The van der Waals surface area contributed by atoms with Crippen molar-refractivity contribution in [2.24, 2.45) is 0 Å². The highest BCUT2D eigenvalue weighted by Gasteiger charge is 2.17. The summed E-state index contributed by atoms with van der Waals surface area (Å²) in [6.45, 7) is 7.78. The van der Waals surface area contributed by atoms with Crippen LogP contribution in [-0.2, 0) is 11.2 Å². The Balaban J connectivity index is 1.78. The molecule has 1 aromatic carbocycles. The van der Waals surface area contributed by atoms with E-state index in [1.54, 1.807) is 6.07 Å².